The molecule has 0 aliphatic heterocycles. The topological polar surface area (TPSA) is 78.2 Å². The number of hydrogen-bond acceptors (Lipinski definition) is 5. The van der Waals surface area contributed by atoms with E-state index in [1.54, 1.807) is 6.07 Å². The van der Waals surface area contributed by atoms with Crippen LogP contribution >= 0.6 is 11.6 Å². The molecule has 0 aliphatic rings. The van der Waals surface area contributed by atoms with Gasteiger partial charge < -0.3 is 4.74 Å². The average Bonchev–Trinajstić information content (AvgIpc) is 2.36. The predicted octanol–water partition coefficient (Wildman–Crippen LogP) is 3.33. The number of aryl methyl sites for hydroxylation is 2. The molecule has 2 rings (SSSR count). The van der Waals surface area contributed by atoms with Gasteiger partial charge in [-0.15, -0.1) is 0 Å². The minimum absolute atomic E-state index is 0.157. The molecule has 20 heavy (non-hydrogen) atoms. The van der Waals surface area contributed by atoms with Crippen LogP contribution in [0.15, 0.2) is 18.5 Å². The van der Waals surface area contributed by atoms with E-state index in [9.17, 15) is 10.1 Å². The molecule has 0 aliphatic carbocycles. The van der Waals surface area contributed by atoms with Crippen molar-refractivity contribution in [3.63, 3.8) is 0 Å². The first-order chi connectivity index (χ1) is 9.45. The molecular formula is C13H12ClN3O3. The van der Waals surface area contributed by atoms with E-state index in [1.165, 1.54) is 13.4 Å². The van der Waals surface area contributed by atoms with Crippen molar-refractivity contribution < 1.29 is 9.66 Å². The molecule has 2 aromatic rings. The van der Waals surface area contributed by atoms with Crippen molar-refractivity contribution >= 4 is 17.3 Å². The van der Waals surface area contributed by atoms with Crippen molar-refractivity contribution in [1.29, 1.82) is 0 Å². The maximum absolute atomic E-state index is 11.2. The molecule has 0 atom stereocenters. The van der Waals surface area contributed by atoms with Crippen molar-refractivity contribution in [3.8, 4) is 17.0 Å². The van der Waals surface area contributed by atoms with Gasteiger partial charge in [-0.2, -0.15) is 0 Å². The van der Waals surface area contributed by atoms with Crippen molar-refractivity contribution in [2.45, 2.75) is 13.8 Å². The van der Waals surface area contributed by atoms with Crippen LogP contribution in [0.25, 0.3) is 11.3 Å². The maximum Gasteiger partial charge on any atom is 0.332 e. The lowest BCUT2D eigenvalue weighted by Crippen LogP contribution is -2.01. The lowest BCUT2D eigenvalue weighted by Gasteiger charge is -2.12. The summed E-state index contributed by atoms with van der Waals surface area (Å²) in [6.07, 6.45) is 1.20. The Hall–Kier alpha value is -2.21. The lowest BCUT2D eigenvalue weighted by atomic mass is 10.0. The largest absolute Gasteiger partial charge is 0.496 e. The second kappa shape index (κ2) is 5.42. The predicted molar refractivity (Wildman–Crippen MR) is 75.2 cm³/mol. The Bertz CT molecular complexity index is 689. The van der Waals surface area contributed by atoms with Crippen LogP contribution in [-0.4, -0.2) is 22.0 Å². The average molecular weight is 294 g/mol. The first kappa shape index (κ1) is 14.2. The molecule has 0 saturated heterocycles. The molecule has 0 fully saturated rings. The molecule has 104 valence electrons. The van der Waals surface area contributed by atoms with Gasteiger partial charge in [-0.25, -0.2) is 9.97 Å². The fourth-order valence-electron chi connectivity index (χ4n) is 2.10. The molecule has 1 heterocycles. The highest BCUT2D eigenvalue weighted by molar-refractivity contribution is 6.31. The molecule has 0 bridgehead atoms. The Kier molecular flexibility index (Phi) is 3.85. The summed E-state index contributed by atoms with van der Waals surface area (Å²) in [4.78, 5) is 18.3. The Morgan fingerprint density at radius 1 is 1.30 bits per heavy atom. The van der Waals surface area contributed by atoms with Gasteiger partial charge in [0.1, 0.15) is 12.1 Å². The third-order valence-corrected chi connectivity index (χ3v) is 3.14. The number of hydrogen-bond donors (Lipinski definition) is 0. The van der Waals surface area contributed by atoms with Crippen LogP contribution in [0.2, 0.25) is 5.15 Å². The van der Waals surface area contributed by atoms with E-state index in [0.29, 0.717) is 11.3 Å². The van der Waals surface area contributed by atoms with Crippen LogP contribution in [0.5, 0.6) is 5.75 Å². The van der Waals surface area contributed by atoms with Crippen LogP contribution in [0, 0.1) is 24.0 Å². The molecule has 0 radical (unpaired) electrons. The van der Waals surface area contributed by atoms with Gasteiger partial charge in [0.2, 0.25) is 5.15 Å². The number of rotatable bonds is 3. The lowest BCUT2D eigenvalue weighted by molar-refractivity contribution is -0.384. The van der Waals surface area contributed by atoms with E-state index >= 15 is 0 Å². The number of benzene rings is 1. The second-order valence-corrected chi connectivity index (χ2v) is 4.64. The van der Waals surface area contributed by atoms with E-state index in [1.807, 2.05) is 19.9 Å². The summed E-state index contributed by atoms with van der Waals surface area (Å²) < 4.78 is 5.31. The first-order valence-corrected chi connectivity index (χ1v) is 6.14. The van der Waals surface area contributed by atoms with Crippen LogP contribution in [0.4, 0.5) is 5.69 Å². The third-order valence-electron chi connectivity index (χ3n) is 2.86. The van der Waals surface area contributed by atoms with Gasteiger partial charge in [0.15, 0.2) is 5.69 Å². The molecular weight excluding hydrogens is 282 g/mol. The Morgan fingerprint density at radius 2 is 2.00 bits per heavy atom. The number of ether oxygens (including phenoxy) is 1. The maximum atomic E-state index is 11.2. The zero-order valence-electron chi connectivity index (χ0n) is 11.2. The SMILES string of the molecule is COc1cc(C)cc(C)c1-c1ncnc(Cl)c1[N+](=O)[O-]. The smallest absolute Gasteiger partial charge is 0.332 e. The fraction of sp³-hybridized carbons (Fsp3) is 0.231. The highest BCUT2D eigenvalue weighted by atomic mass is 35.5. The molecule has 0 spiro atoms. The van der Waals surface area contributed by atoms with Gasteiger partial charge in [0.25, 0.3) is 0 Å². The monoisotopic (exact) mass is 293 g/mol. The number of nitro groups is 1. The Balaban J connectivity index is 2.82. The van der Waals surface area contributed by atoms with Gasteiger partial charge in [-0.1, -0.05) is 17.7 Å². The first-order valence-electron chi connectivity index (χ1n) is 5.76. The molecule has 0 amide bonds. The zero-order chi connectivity index (χ0) is 14.9. The van der Waals surface area contributed by atoms with E-state index in [2.05, 4.69) is 9.97 Å². The second-order valence-electron chi connectivity index (χ2n) is 4.28. The Morgan fingerprint density at radius 3 is 2.60 bits per heavy atom. The molecule has 1 aromatic heterocycles. The van der Waals surface area contributed by atoms with Crippen molar-refractivity contribution in [1.82, 2.24) is 9.97 Å². The molecule has 0 unspecified atom stereocenters. The van der Waals surface area contributed by atoms with Crippen LogP contribution in [0.3, 0.4) is 0 Å². The van der Waals surface area contributed by atoms with Gasteiger partial charge in [-0.05, 0) is 31.0 Å². The van der Waals surface area contributed by atoms with E-state index in [-0.39, 0.29) is 16.5 Å². The van der Waals surface area contributed by atoms with E-state index in [0.717, 1.165) is 11.1 Å². The quantitative estimate of drug-likeness (QED) is 0.493. The van der Waals surface area contributed by atoms with Crippen molar-refractivity contribution in [2.75, 3.05) is 7.11 Å². The summed E-state index contributed by atoms with van der Waals surface area (Å²) in [5.41, 5.74) is 2.20. The number of methoxy groups -OCH3 is 1. The molecule has 0 N–H and O–H groups in total. The summed E-state index contributed by atoms with van der Waals surface area (Å²) in [5, 5.41) is 11.0. The van der Waals surface area contributed by atoms with E-state index < -0.39 is 4.92 Å². The van der Waals surface area contributed by atoms with Gasteiger partial charge in [0.05, 0.1) is 17.6 Å². The van der Waals surface area contributed by atoms with Crippen LogP contribution < -0.4 is 4.74 Å². The summed E-state index contributed by atoms with van der Waals surface area (Å²) in [7, 11) is 1.51. The minimum Gasteiger partial charge on any atom is -0.496 e. The van der Waals surface area contributed by atoms with Gasteiger partial charge in [0, 0.05) is 0 Å². The van der Waals surface area contributed by atoms with Crippen LogP contribution in [0.1, 0.15) is 11.1 Å². The summed E-state index contributed by atoms with van der Waals surface area (Å²) >= 11 is 5.82. The summed E-state index contributed by atoms with van der Waals surface area (Å²) in [6, 6.07) is 3.69. The molecule has 6 nitrogen and oxygen atoms in total. The third kappa shape index (κ3) is 2.42. The zero-order valence-corrected chi connectivity index (χ0v) is 11.9. The minimum atomic E-state index is -0.587. The summed E-state index contributed by atoms with van der Waals surface area (Å²) in [5.74, 6) is 0.514. The van der Waals surface area contributed by atoms with Crippen LogP contribution in [-0.2, 0) is 0 Å². The highest BCUT2D eigenvalue weighted by Crippen LogP contribution is 2.39. The molecule has 0 saturated carbocycles. The highest BCUT2D eigenvalue weighted by Gasteiger charge is 2.26. The van der Waals surface area contributed by atoms with Crippen molar-refractivity contribution in [3.05, 3.63) is 44.9 Å². The molecule has 1 aromatic carbocycles. The van der Waals surface area contributed by atoms with E-state index in [4.69, 9.17) is 16.3 Å². The Labute approximate surface area is 120 Å². The normalized spacial score (nSPS) is 10.4. The number of aromatic nitrogens is 2. The number of nitrogens with zero attached hydrogens (tertiary/aromatic N) is 3. The summed E-state index contributed by atoms with van der Waals surface area (Å²) in [6.45, 7) is 3.76. The van der Waals surface area contributed by atoms with Gasteiger partial charge >= 0.3 is 5.69 Å². The number of halogens is 1. The standard InChI is InChI=1S/C13H12ClN3O3/c1-7-4-8(2)10(9(5-7)20-3)11-12(17(18)19)13(14)16-6-15-11/h4-6H,1-3H3. The van der Waals surface area contributed by atoms with Crippen molar-refractivity contribution in [2.24, 2.45) is 0 Å². The molecule has 7 heteroatoms. The fourth-order valence-corrected chi connectivity index (χ4v) is 2.30. The van der Waals surface area contributed by atoms with Gasteiger partial charge in [-0.3, -0.25) is 10.1 Å².